The first-order chi connectivity index (χ1) is 28.9. The summed E-state index contributed by atoms with van der Waals surface area (Å²) >= 11 is 0. The molecule has 1 saturated carbocycles. The molecule has 6 aliphatic rings. The number of cyclic esters (lactones) is 1. The number of hydrogen-bond donors (Lipinski definition) is 0. The third-order valence-corrected chi connectivity index (χ3v) is 14.8. The third kappa shape index (κ3) is 9.22. The lowest BCUT2D eigenvalue weighted by Crippen LogP contribution is -2.59. The van der Waals surface area contributed by atoms with Gasteiger partial charge in [-0.25, -0.2) is 0 Å². The summed E-state index contributed by atoms with van der Waals surface area (Å²) in [6.07, 6.45) is 7.05. The summed E-state index contributed by atoms with van der Waals surface area (Å²) in [5.41, 5.74) is 2.65. The van der Waals surface area contributed by atoms with Crippen molar-refractivity contribution in [1.29, 1.82) is 0 Å². The largest absolute Gasteiger partial charge is 0.462 e. The molecular weight excluding hydrogens is 767 g/mol. The molecule has 3 aliphatic heterocycles. The number of hydrogen-bond acceptors (Lipinski definition) is 11. The molecule has 0 N–H and O–H groups in total. The van der Waals surface area contributed by atoms with E-state index in [1.165, 1.54) is 5.57 Å². The molecule has 7 rings (SSSR count). The molecule has 3 unspecified atom stereocenters. The number of esters is 1. The number of methoxy groups -OCH3 is 3. The summed E-state index contributed by atoms with van der Waals surface area (Å²) < 4.78 is 50.0. The van der Waals surface area contributed by atoms with Gasteiger partial charge in [0.2, 0.25) is 0 Å². The number of carbonyl (C=O) groups is 3. The standard InChI is InChI=1S/C48H69NO11/c1-10-31-17-14-18-40(60-42-20-19-39(28(4)56-42)49(6)47(52)30-15-12-11-13-16-30)27(3)43(51)38-24-36-34(37(38)25-41(50)58-31)21-26(2)33-22-32(23-35(33)36)59-48-46(55-9)45(54-8)44(53-7)29(5)57-48/h11-13,15-16,21,24,27-29,31-37,39-40,42,44-46,48H,10,14,17-20,22-23,25H2,1-9H3/t27-,28?,29?,31+,32-,33+,34-,35-,36-,37+,39+,40+,42+,44+,45?,46+,48+/m1/s1. The molecule has 17 atom stereocenters. The Morgan fingerprint density at radius 3 is 2.23 bits per heavy atom. The van der Waals surface area contributed by atoms with Crippen LogP contribution in [0.1, 0.15) is 103 Å². The summed E-state index contributed by atoms with van der Waals surface area (Å²) in [5.74, 6) is -0.388. The van der Waals surface area contributed by atoms with E-state index in [2.05, 4.69) is 26.0 Å². The Hall–Kier alpha value is -2.97. The van der Waals surface area contributed by atoms with E-state index in [-0.39, 0.29) is 102 Å². The first-order valence-corrected chi connectivity index (χ1v) is 22.5. The fourth-order valence-electron chi connectivity index (χ4n) is 11.5. The Balaban J connectivity index is 1.08. The van der Waals surface area contributed by atoms with Gasteiger partial charge in [0.05, 0.1) is 36.9 Å². The predicted molar refractivity (Wildman–Crippen MR) is 224 cm³/mol. The second-order valence-electron chi connectivity index (χ2n) is 18.3. The number of likely N-dealkylation sites (N-methyl/N-ethyl adjacent to an activating group) is 1. The van der Waals surface area contributed by atoms with Crippen LogP contribution in [0.3, 0.4) is 0 Å². The minimum atomic E-state index is -0.621. The van der Waals surface area contributed by atoms with Crippen LogP contribution in [0.15, 0.2) is 53.6 Å². The highest BCUT2D eigenvalue weighted by Crippen LogP contribution is 2.56. The van der Waals surface area contributed by atoms with Gasteiger partial charge < -0.3 is 42.8 Å². The van der Waals surface area contributed by atoms with Crippen LogP contribution in [0.4, 0.5) is 0 Å². The minimum Gasteiger partial charge on any atom is -0.462 e. The van der Waals surface area contributed by atoms with Gasteiger partial charge in [0.15, 0.2) is 18.4 Å². The fourth-order valence-corrected chi connectivity index (χ4v) is 11.5. The van der Waals surface area contributed by atoms with E-state index >= 15 is 0 Å². The number of fused-ring (bicyclic) bond motifs is 5. The van der Waals surface area contributed by atoms with E-state index in [0.29, 0.717) is 24.8 Å². The predicted octanol–water partition coefficient (Wildman–Crippen LogP) is 7.09. The van der Waals surface area contributed by atoms with Crippen LogP contribution in [0.5, 0.6) is 0 Å². The minimum absolute atomic E-state index is 0.000795. The number of allylic oxidation sites excluding steroid dienone is 4. The molecule has 0 radical (unpaired) electrons. The van der Waals surface area contributed by atoms with Gasteiger partial charge in [-0.05, 0) is 107 Å². The first kappa shape index (κ1) is 45.1. The Labute approximate surface area is 356 Å². The monoisotopic (exact) mass is 835 g/mol. The Morgan fingerprint density at radius 2 is 1.55 bits per heavy atom. The highest BCUT2D eigenvalue weighted by molar-refractivity contribution is 5.99. The molecule has 1 aromatic carbocycles. The van der Waals surface area contributed by atoms with Crippen molar-refractivity contribution in [2.24, 2.45) is 35.5 Å². The summed E-state index contributed by atoms with van der Waals surface area (Å²) in [6, 6.07) is 9.21. The quantitative estimate of drug-likeness (QED) is 0.177. The van der Waals surface area contributed by atoms with Gasteiger partial charge >= 0.3 is 5.97 Å². The van der Waals surface area contributed by atoms with Crippen LogP contribution in [0.2, 0.25) is 0 Å². The molecule has 1 amide bonds. The average molecular weight is 836 g/mol. The molecule has 3 aliphatic carbocycles. The van der Waals surface area contributed by atoms with Crippen LogP contribution in [-0.2, 0) is 47.5 Å². The zero-order chi connectivity index (χ0) is 42.8. The summed E-state index contributed by atoms with van der Waals surface area (Å²) in [7, 11) is 6.79. The van der Waals surface area contributed by atoms with Gasteiger partial charge in [-0.3, -0.25) is 14.4 Å². The molecule has 1 aromatic rings. The lowest BCUT2D eigenvalue weighted by molar-refractivity contribution is -0.314. The fraction of sp³-hybridized carbons (Fsp3) is 0.729. The maximum absolute atomic E-state index is 14.9. The average Bonchev–Trinajstić information content (AvgIpc) is 3.83. The smallest absolute Gasteiger partial charge is 0.306 e. The number of nitrogens with zero attached hydrogens (tertiary/aromatic N) is 1. The van der Waals surface area contributed by atoms with E-state index in [1.54, 1.807) is 26.2 Å². The Kier molecular flexibility index (Phi) is 14.7. The van der Waals surface area contributed by atoms with Crippen molar-refractivity contribution in [2.45, 2.75) is 160 Å². The van der Waals surface area contributed by atoms with Crippen molar-refractivity contribution >= 4 is 17.7 Å². The topological polar surface area (TPSA) is 128 Å². The number of ether oxygens (including phenoxy) is 8. The van der Waals surface area contributed by atoms with Crippen LogP contribution in [0, 0.1) is 35.5 Å². The van der Waals surface area contributed by atoms with Crippen LogP contribution in [0.25, 0.3) is 0 Å². The van der Waals surface area contributed by atoms with Crippen LogP contribution in [-0.4, -0.2) is 118 Å². The van der Waals surface area contributed by atoms with E-state index in [9.17, 15) is 14.4 Å². The Morgan fingerprint density at radius 1 is 0.817 bits per heavy atom. The van der Waals surface area contributed by atoms with Crippen molar-refractivity contribution in [3.05, 3.63) is 59.2 Å². The van der Waals surface area contributed by atoms with E-state index in [1.807, 2.05) is 58.2 Å². The molecule has 4 fully saturated rings. The summed E-state index contributed by atoms with van der Waals surface area (Å²) in [4.78, 5) is 43.7. The van der Waals surface area contributed by atoms with E-state index < -0.39 is 24.6 Å². The van der Waals surface area contributed by atoms with Crippen molar-refractivity contribution in [1.82, 2.24) is 4.90 Å². The number of ketones is 1. The maximum atomic E-state index is 14.9. The van der Waals surface area contributed by atoms with Gasteiger partial charge in [0.1, 0.15) is 24.4 Å². The molecule has 332 valence electrons. The third-order valence-electron chi connectivity index (χ3n) is 14.8. The molecule has 60 heavy (non-hydrogen) atoms. The molecule has 12 nitrogen and oxygen atoms in total. The molecule has 3 heterocycles. The molecule has 3 saturated heterocycles. The van der Waals surface area contributed by atoms with Crippen molar-refractivity contribution in [2.75, 3.05) is 28.4 Å². The summed E-state index contributed by atoms with van der Waals surface area (Å²) in [6.45, 7) is 10.2. The molecule has 0 spiro atoms. The molecule has 0 bridgehead atoms. The Bertz CT molecular complexity index is 1720. The number of carbonyl (C=O) groups excluding carboxylic acids is 3. The van der Waals surface area contributed by atoms with Gasteiger partial charge in [0, 0.05) is 52.2 Å². The highest BCUT2D eigenvalue weighted by atomic mass is 16.7. The number of amides is 1. The molecule has 0 aromatic heterocycles. The number of rotatable bonds is 10. The highest BCUT2D eigenvalue weighted by Gasteiger charge is 2.54. The van der Waals surface area contributed by atoms with Gasteiger partial charge in [0.25, 0.3) is 5.91 Å². The second kappa shape index (κ2) is 19.6. The SMILES string of the molecule is CC[C@H]1CCC[C@H](O[C@H]2CC[C@H](N(C)C(=O)c3ccccc3)C(C)O2)[C@@H](C)C(=O)C2=C[C@@H]3[C@@H](C=C(C)[C@@H]4C[C@@H](O[C@@H]5OC(C)[C@H](OC)C(OC)[C@@H]5OC)C[C@@H]34)[C@@H]2CC(=O)O1. The number of Topliss-reactive ketones (excluding diaryl/α,β-unsaturated/α-hetero) is 1. The lowest BCUT2D eigenvalue weighted by Gasteiger charge is -2.44. The zero-order valence-corrected chi connectivity index (χ0v) is 37.2. The lowest BCUT2D eigenvalue weighted by atomic mass is 9.67. The van der Waals surface area contributed by atoms with Gasteiger partial charge in [-0.2, -0.15) is 0 Å². The van der Waals surface area contributed by atoms with Crippen molar-refractivity contribution < 1.29 is 52.3 Å². The van der Waals surface area contributed by atoms with Crippen LogP contribution >= 0.6 is 0 Å². The maximum Gasteiger partial charge on any atom is 0.306 e. The zero-order valence-electron chi connectivity index (χ0n) is 37.2. The molecule has 12 heteroatoms. The molecular formula is C48H69NO11. The van der Waals surface area contributed by atoms with Crippen molar-refractivity contribution in [3.8, 4) is 0 Å². The van der Waals surface area contributed by atoms with Gasteiger partial charge in [-0.15, -0.1) is 0 Å². The summed E-state index contributed by atoms with van der Waals surface area (Å²) in [5, 5.41) is 0. The van der Waals surface area contributed by atoms with Gasteiger partial charge in [-0.1, -0.05) is 49.8 Å². The van der Waals surface area contributed by atoms with E-state index in [4.69, 9.17) is 37.9 Å². The normalized spacial score (nSPS) is 41.1. The number of benzene rings is 1. The first-order valence-electron chi connectivity index (χ1n) is 22.5. The van der Waals surface area contributed by atoms with Crippen molar-refractivity contribution in [3.63, 3.8) is 0 Å². The van der Waals surface area contributed by atoms with Crippen LogP contribution < -0.4 is 0 Å². The van der Waals surface area contributed by atoms with E-state index in [0.717, 1.165) is 37.7 Å². The second-order valence-corrected chi connectivity index (χ2v) is 18.3.